The van der Waals surface area contributed by atoms with Crippen molar-refractivity contribution in [1.29, 1.82) is 0 Å². The van der Waals surface area contributed by atoms with Gasteiger partial charge in [0.1, 0.15) is 11.6 Å². The molecular formula is C19H16FNO4. The van der Waals surface area contributed by atoms with Gasteiger partial charge in [0.15, 0.2) is 11.5 Å². The molecule has 0 fully saturated rings. The smallest absolute Gasteiger partial charge is 0.294 e. The number of nitrogens with zero attached hydrogens (tertiary/aromatic N) is 1. The van der Waals surface area contributed by atoms with Crippen molar-refractivity contribution in [3.63, 3.8) is 0 Å². The average molecular weight is 341 g/mol. The summed E-state index contributed by atoms with van der Waals surface area (Å²) in [5, 5.41) is 10.3. The third kappa shape index (κ3) is 2.76. The number of Topliss-reactive ketones (excluding diaryl/α,β-unsaturated/α-hetero) is 1. The quantitative estimate of drug-likeness (QED) is 0.926. The van der Waals surface area contributed by atoms with Crippen LogP contribution in [0.3, 0.4) is 0 Å². The van der Waals surface area contributed by atoms with Crippen LogP contribution in [0.4, 0.5) is 10.1 Å². The van der Waals surface area contributed by atoms with E-state index in [0.717, 1.165) is 0 Å². The minimum Gasteiger partial charge on any atom is -0.503 e. The number of benzene rings is 2. The number of carbonyl (C=O) groups is 2. The maximum absolute atomic E-state index is 13.3. The van der Waals surface area contributed by atoms with E-state index in [-0.39, 0.29) is 5.57 Å². The van der Waals surface area contributed by atoms with Crippen LogP contribution in [0.1, 0.15) is 18.5 Å². The van der Waals surface area contributed by atoms with E-state index in [2.05, 4.69) is 0 Å². The van der Waals surface area contributed by atoms with Gasteiger partial charge < -0.3 is 9.84 Å². The molecule has 5 nitrogen and oxygen atoms in total. The first-order valence-electron chi connectivity index (χ1n) is 7.61. The van der Waals surface area contributed by atoms with Crippen LogP contribution in [0.15, 0.2) is 59.9 Å². The number of carbonyl (C=O) groups excluding carboxylic acids is 2. The summed E-state index contributed by atoms with van der Waals surface area (Å²) in [6.07, 6.45) is 0. The number of rotatable bonds is 4. The summed E-state index contributed by atoms with van der Waals surface area (Å²) < 4.78 is 18.6. The molecule has 2 aromatic carbocycles. The van der Waals surface area contributed by atoms with Gasteiger partial charge in [0.2, 0.25) is 0 Å². The fourth-order valence-corrected chi connectivity index (χ4v) is 3.02. The largest absolute Gasteiger partial charge is 0.503 e. The van der Waals surface area contributed by atoms with Gasteiger partial charge in [-0.25, -0.2) is 4.39 Å². The summed E-state index contributed by atoms with van der Waals surface area (Å²) in [4.78, 5) is 26.0. The highest BCUT2D eigenvalue weighted by Gasteiger charge is 2.44. The molecule has 0 bridgehead atoms. The molecule has 1 amide bonds. The van der Waals surface area contributed by atoms with Crippen molar-refractivity contribution in [2.24, 2.45) is 0 Å². The number of hydrogen-bond donors (Lipinski definition) is 1. The normalized spacial score (nSPS) is 17.2. The summed E-state index contributed by atoms with van der Waals surface area (Å²) in [6, 6.07) is 11.3. The second kappa shape index (κ2) is 6.39. The van der Waals surface area contributed by atoms with Crippen LogP contribution in [0.2, 0.25) is 0 Å². The zero-order valence-electron chi connectivity index (χ0n) is 13.7. The minimum absolute atomic E-state index is 0.0150. The van der Waals surface area contributed by atoms with Gasteiger partial charge in [-0.2, -0.15) is 0 Å². The fraction of sp³-hybridized carbons (Fsp3) is 0.158. The first kappa shape index (κ1) is 16.7. The SMILES string of the molecule is COc1ccccc1[C@H]1C(C(C)=O)=C(O)C(=O)N1c1ccc(F)cc1. The Morgan fingerprint density at radius 1 is 1.16 bits per heavy atom. The van der Waals surface area contributed by atoms with Gasteiger partial charge in [0.25, 0.3) is 5.91 Å². The van der Waals surface area contributed by atoms with Crippen LogP contribution in [-0.2, 0) is 9.59 Å². The molecule has 1 aliphatic rings. The zero-order chi connectivity index (χ0) is 18.1. The summed E-state index contributed by atoms with van der Waals surface area (Å²) in [7, 11) is 1.48. The monoisotopic (exact) mass is 341 g/mol. The number of amides is 1. The fourth-order valence-electron chi connectivity index (χ4n) is 3.02. The van der Waals surface area contributed by atoms with Crippen molar-refractivity contribution >= 4 is 17.4 Å². The highest BCUT2D eigenvalue weighted by Crippen LogP contribution is 2.43. The summed E-state index contributed by atoms with van der Waals surface area (Å²) >= 11 is 0. The number of methoxy groups -OCH3 is 1. The van der Waals surface area contributed by atoms with Crippen LogP contribution in [0.25, 0.3) is 0 Å². The molecule has 0 spiro atoms. The molecule has 3 rings (SSSR count). The number of aliphatic hydroxyl groups excluding tert-OH is 1. The number of halogens is 1. The summed E-state index contributed by atoms with van der Waals surface area (Å²) in [5.41, 5.74) is 0.904. The molecule has 1 atom stereocenters. The predicted molar refractivity (Wildman–Crippen MR) is 90.0 cm³/mol. The summed E-state index contributed by atoms with van der Waals surface area (Å²) in [5.74, 6) is -1.72. The van der Waals surface area contributed by atoms with Crippen LogP contribution >= 0.6 is 0 Å². The van der Waals surface area contributed by atoms with E-state index in [1.54, 1.807) is 24.3 Å². The van der Waals surface area contributed by atoms with Crippen molar-refractivity contribution in [1.82, 2.24) is 0 Å². The number of anilines is 1. The van der Waals surface area contributed by atoms with Crippen molar-refractivity contribution < 1.29 is 23.8 Å². The van der Waals surface area contributed by atoms with Crippen molar-refractivity contribution in [2.45, 2.75) is 13.0 Å². The Bertz CT molecular complexity index is 873. The lowest BCUT2D eigenvalue weighted by Crippen LogP contribution is -2.31. The third-order valence-corrected chi connectivity index (χ3v) is 4.13. The van der Waals surface area contributed by atoms with E-state index >= 15 is 0 Å². The van der Waals surface area contributed by atoms with Crippen LogP contribution in [0.5, 0.6) is 5.75 Å². The Hall–Kier alpha value is -3.15. The van der Waals surface area contributed by atoms with Gasteiger partial charge >= 0.3 is 0 Å². The number of aliphatic hydroxyl groups is 1. The molecule has 25 heavy (non-hydrogen) atoms. The minimum atomic E-state index is -0.855. The highest BCUT2D eigenvalue weighted by molar-refractivity contribution is 6.16. The van der Waals surface area contributed by atoms with Crippen LogP contribution < -0.4 is 9.64 Å². The van der Waals surface area contributed by atoms with Crippen molar-refractivity contribution in [3.05, 3.63) is 71.2 Å². The van der Waals surface area contributed by atoms with E-state index in [0.29, 0.717) is 17.0 Å². The lowest BCUT2D eigenvalue weighted by atomic mass is 9.95. The van der Waals surface area contributed by atoms with E-state index in [1.807, 2.05) is 0 Å². The van der Waals surface area contributed by atoms with E-state index < -0.39 is 29.3 Å². The van der Waals surface area contributed by atoms with Gasteiger partial charge in [-0.1, -0.05) is 18.2 Å². The van der Waals surface area contributed by atoms with Gasteiger partial charge in [-0.3, -0.25) is 14.5 Å². The number of hydrogen-bond acceptors (Lipinski definition) is 4. The summed E-state index contributed by atoms with van der Waals surface area (Å²) in [6.45, 7) is 1.29. The lowest BCUT2D eigenvalue weighted by Gasteiger charge is -2.27. The Labute approximate surface area is 144 Å². The number of ether oxygens (including phenoxy) is 1. The Morgan fingerprint density at radius 3 is 2.40 bits per heavy atom. The molecule has 1 N–H and O–H groups in total. The third-order valence-electron chi connectivity index (χ3n) is 4.13. The second-order valence-corrected chi connectivity index (χ2v) is 5.61. The Balaban J connectivity index is 2.22. The molecule has 0 radical (unpaired) electrons. The zero-order valence-corrected chi connectivity index (χ0v) is 13.7. The van der Waals surface area contributed by atoms with Gasteiger partial charge in [0.05, 0.1) is 18.7 Å². The molecule has 0 saturated carbocycles. The molecule has 1 aliphatic heterocycles. The van der Waals surface area contributed by atoms with Gasteiger partial charge in [0, 0.05) is 11.3 Å². The Kier molecular flexibility index (Phi) is 4.27. The molecule has 0 aliphatic carbocycles. The number of para-hydroxylation sites is 1. The lowest BCUT2D eigenvalue weighted by molar-refractivity contribution is -0.117. The molecule has 0 saturated heterocycles. The second-order valence-electron chi connectivity index (χ2n) is 5.61. The predicted octanol–water partition coefficient (Wildman–Crippen LogP) is 3.32. The number of ketones is 1. The average Bonchev–Trinajstić information content (AvgIpc) is 2.87. The first-order chi connectivity index (χ1) is 12.0. The maximum atomic E-state index is 13.3. The highest BCUT2D eigenvalue weighted by atomic mass is 19.1. The van der Waals surface area contributed by atoms with Crippen molar-refractivity contribution in [3.8, 4) is 5.75 Å². The Morgan fingerprint density at radius 2 is 1.80 bits per heavy atom. The molecule has 0 unspecified atom stereocenters. The van der Waals surface area contributed by atoms with E-state index in [1.165, 1.54) is 43.2 Å². The molecule has 0 aromatic heterocycles. The standard InChI is InChI=1S/C19H16FNO4/c1-11(22)16-17(14-5-3-4-6-15(14)25-2)21(19(24)18(16)23)13-9-7-12(20)8-10-13/h3-10,17,23H,1-2H3/t17-/m0/s1. The first-order valence-corrected chi connectivity index (χ1v) is 7.61. The van der Waals surface area contributed by atoms with Gasteiger partial charge in [-0.05, 0) is 37.3 Å². The van der Waals surface area contributed by atoms with E-state index in [4.69, 9.17) is 4.74 Å². The molecule has 2 aromatic rings. The molecular weight excluding hydrogens is 325 g/mol. The van der Waals surface area contributed by atoms with Crippen LogP contribution in [-0.4, -0.2) is 23.9 Å². The molecule has 128 valence electrons. The van der Waals surface area contributed by atoms with Crippen LogP contribution in [0, 0.1) is 5.82 Å². The molecule has 6 heteroatoms. The van der Waals surface area contributed by atoms with Crippen molar-refractivity contribution in [2.75, 3.05) is 12.0 Å². The molecule has 1 heterocycles. The van der Waals surface area contributed by atoms with Gasteiger partial charge in [-0.15, -0.1) is 0 Å². The topological polar surface area (TPSA) is 66.8 Å². The maximum Gasteiger partial charge on any atom is 0.294 e. The van der Waals surface area contributed by atoms with E-state index in [9.17, 15) is 19.1 Å².